The normalized spacial score (nSPS) is 11.2. The van der Waals surface area contributed by atoms with Gasteiger partial charge in [0.2, 0.25) is 5.91 Å². The summed E-state index contributed by atoms with van der Waals surface area (Å²) in [7, 11) is 5.82. The van der Waals surface area contributed by atoms with Gasteiger partial charge in [-0.05, 0) is 31.6 Å². The number of hydrogen-bond donors (Lipinski definition) is 1. The lowest BCUT2D eigenvalue weighted by Crippen LogP contribution is -2.33. The Morgan fingerprint density at radius 3 is 2.63 bits per heavy atom. The molecule has 1 radical (unpaired) electrons. The van der Waals surface area contributed by atoms with Crippen LogP contribution in [0.3, 0.4) is 0 Å². The highest BCUT2D eigenvalue weighted by molar-refractivity contribution is 5.90. The molecule has 4 nitrogen and oxygen atoms in total. The average molecular weight is 258 g/mol. The fraction of sp³-hybridized carbons (Fsp3) is 0.333. The summed E-state index contributed by atoms with van der Waals surface area (Å²) in [5.41, 5.74) is 1.90. The van der Waals surface area contributed by atoms with E-state index >= 15 is 0 Å². The Balaban J connectivity index is 1.98. The summed E-state index contributed by atoms with van der Waals surface area (Å²) < 4.78 is 0. The number of carbonyl (C=O) groups excluding carboxylic acids is 1. The molecule has 0 aliphatic carbocycles. The Bertz CT molecular complexity index is 526. The maximum absolute atomic E-state index is 12.0. The van der Waals surface area contributed by atoms with Crippen LogP contribution in [0.1, 0.15) is 5.69 Å². The largest absolute Gasteiger partial charge is 0.358 e. The molecule has 1 aromatic carbocycles. The van der Waals surface area contributed by atoms with E-state index in [2.05, 4.69) is 9.88 Å². The summed E-state index contributed by atoms with van der Waals surface area (Å²) in [6.45, 7) is 1.59. The van der Waals surface area contributed by atoms with E-state index in [9.17, 15) is 4.79 Å². The number of carbonyl (C=O) groups is 1. The summed E-state index contributed by atoms with van der Waals surface area (Å²) in [6.07, 6.45) is 1.65. The summed E-state index contributed by atoms with van der Waals surface area (Å²) >= 11 is 0. The van der Waals surface area contributed by atoms with E-state index in [0.29, 0.717) is 0 Å². The molecule has 1 amide bonds. The Hall–Kier alpha value is -1.81. The van der Waals surface area contributed by atoms with Gasteiger partial charge in [-0.3, -0.25) is 4.79 Å². The third kappa shape index (κ3) is 3.58. The maximum Gasteiger partial charge on any atom is 0.232 e. The second-order valence-corrected chi connectivity index (χ2v) is 5.02. The zero-order chi connectivity index (χ0) is 13.8. The minimum Gasteiger partial charge on any atom is -0.358 e. The Morgan fingerprint density at radius 1 is 1.21 bits per heavy atom. The molecule has 2 rings (SSSR count). The first-order valence-corrected chi connectivity index (χ1v) is 6.38. The molecule has 0 aliphatic heterocycles. The highest BCUT2D eigenvalue weighted by Crippen LogP contribution is 2.16. The van der Waals surface area contributed by atoms with Crippen LogP contribution in [0.25, 0.3) is 10.9 Å². The number of hydrogen-bond acceptors (Lipinski definition) is 2. The van der Waals surface area contributed by atoms with Crippen molar-refractivity contribution in [3.05, 3.63) is 42.4 Å². The summed E-state index contributed by atoms with van der Waals surface area (Å²) in [6, 6.07) is 10.0. The van der Waals surface area contributed by atoms with E-state index in [-0.39, 0.29) is 5.91 Å². The second-order valence-electron chi connectivity index (χ2n) is 5.02. The number of aromatic nitrogens is 1. The highest BCUT2D eigenvalue weighted by Gasteiger charge is 2.11. The molecule has 19 heavy (non-hydrogen) atoms. The lowest BCUT2D eigenvalue weighted by Gasteiger charge is -2.19. The predicted molar refractivity (Wildman–Crippen MR) is 77.9 cm³/mol. The zero-order valence-corrected chi connectivity index (χ0v) is 11.7. The number of aromatic amines is 1. The molecule has 0 unspecified atom stereocenters. The standard InChI is InChI=1S/C15H20N3O/c1-17(2)8-9-18(3)15(19)11-13-10-12-6-4-5-7-14(12)16-13/h4-7,10-11,16H,8-9H2,1-3H3. The Labute approximate surface area is 114 Å². The lowest BCUT2D eigenvalue weighted by atomic mass is 10.2. The van der Waals surface area contributed by atoms with Crippen molar-refractivity contribution in [2.24, 2.45) is 0 Å². The van der Waals surface area contributed by atoms with E-state index in [1.165, 1.54) is 0 Å². The van der Waals surface area contributed by atoms with E-state index in [4.69, 9.17) is 0 Å². The van der Waals surface area contributed by atoms with Gasteiger partial charge in [0, 0.05) is 31.3 Å². The molecule has 1 N–H and O–H groups in total. The molecule has 0 fully saturated rings. The van der Waals surface area contributed by atoms with E-state index in [1.54, 1.807) is 11.3 Å². The average Bonchev–Trinajstić information content (AvgIpc) is 2.77. The van der Waals surface area contributed by atoms with Crippen molar-refractivity contribution in [2.45, 2.75) is 0 Å². The summed E-state index contributed by atoms with van der Waals surface area (Å²) in [5, 5.41) is 1.12. The topological polar surface area (TPSA) is 39.3 Å². The van der Waals surface area contributed by atoms with Crippen molar-refractivity contribution < 1.29 is 4.79 Å². The molecule has 1 heterocycles. The molecule has 1 aromatic heterocycles. The molecule has 0 saturated heterocycles. The third-order valence-corrected chi connectivity index (χ3v) is 3.09. The number of rotatable bonds is 5. The van der Waals surface area contributed by atoms with Crippen LogP contribution in [0, 0.1) is 6.42 Å². The number of fused-ring (bicyclic) bond motifs is 1. The number of nitrogens with zero attached hydrogens (tertiary/aromatic N) is 2. The number of para-hydroxylation sites is 1. The van der Waals surface area contributed by atoms with Crippen LogP contribution in [-0.4, -0.2) is 54.9 Å². The Morgan fingerprint density at radius 2 is 1.95 bits per heavy atom. The van der Waals surface area contributed by atoms with Gasteiger partial charge >= 0.3 is 0 Å². The van der Waals surface area contributed by atoms with E-state index in [0.717, 1.165) is 29.7 Å². The van der Waals surface area contributed by atoms with Gasteiger partial charge in [-0.25, -0.2) is 0 Å². The monoisotopic (exact) mass is 258 g/mol. The van der Waals surface area contributed by atoms with Gasteiger partial charge in [-0.15, -0.1) is 0 Å². The van der Waals surface area contributed by atoms with Crippen LogP contribution in [0.15, 0.2) is 30.3 Å². The van der Waals surface area contributed by atoms with Crippen LogP contribution in [0.5, 0.6) is 0 Å². The molecule has 4 heteroatoms. The zero-order valence-electron chi connectivity index (χ0n) is 11.7. The van der Waals surface area contributed by atoms with E-state index in [1.807, 2.05) is 51.5 Å². The van der Waals surface area contributed by atoms with E-state index < -0.39 is 0 Å². The van der Waals surface area contributed by atoms with Gasteiger partial charge in [0.15, 0.2) is 0 Å². The molecular weight excluding hydrogens is 238 g/mol. The molecule has 0 atom stereocenters. The minimum absolute atomic E-state index is 0.0217. The SMILES string of the molecule is CN(C)CCN(C)C(=O)[CH]c1cc2ccccc2[nH]1. The quantitative estimate of drug-likeness (QED) is 0.887. The first kappa shape index (κ1) is 13.6. The molecule has 101 valence electrons. The van der Waals surface area contributed by atoms with Crippen molar-refractivity contribution in [3.8, 4) is 0 Å². The fourth-order valence-electron chi connectivity index (χ4n) is 1.88. The van der Waals surface area contributed by atoms with Crippen molar-refractivity contribution in [1.29, 1.82) is 0 Å². The maximum atomic E-state index is 12.0. The number of benzene rings is 1. The van der Waals surface area contributed by atoms with Crippen LogP contribution in [0.4, 0.5) is 0 Å². The van der Waals surface area contributed by atoms with Crippen molar-refractivity contribution in [2.75, 3.05) is 34.2 Å². The van der Waals surface area contributed by atoms with Crippen molar-refractivity contribution in [1.82, 2.24) is 14.8 Å². The van der Waals surface area contributed by atoms with Gasteiger partial charge in [-0.2, -0.15) is 0 Å². The number of H-pyrrole nitrogens is 1. The molecule has 0 aliphatic rings. The van der Waals surface area contributed by atoms with Gasteiger partial charge in [0.05, 0.1) is 6.42 Å². The first-order valence-electron chi connectivity index (χ1n) is 6.38. The summed E-state index contributed by atoms with van der Waals surface area (Å²) in [5.74, 6) is 0.0217. The molecule has 2 aromatic rings. The van der Waals surface area contributed by atoms with Crippen LogP contribution < -0.4 is 0 Å². The highest BCUT2D eigenvalue weighted by atomic mass is 16.2. The van der Waals surface area contributed by atoms with Crippen LogP contribution in [-0.2, 0) is 4.79 Å². The molecule has 0 bridgehead atoms. The van der Waals surface area contributed by atoms with Crippen molar-refractivity contribution in [3.63, 3.8) is 0 Å². The van der Waals surface area contributed by atoms with Crippen LogP contribution >= 0.6 is 0 Å². The number of amides is 1. The molecular formula is C15H20N3O. The minimum atomic E-state index is 0.0217. The smallest absolute Gasteiger partial charge is 0.232 e. The van der Waals surface area contributed by atoms with Gasteiger partial charge in [0.25, 0.3) is 0 Å². The lowest BCUT2D eigenvalue weighted by molar-refractivity contribution is -0.126. The van der Waals surface area contributed by atoms with Gasteiger partial charge in [0.1, 0.15) is 0 Å². The molecule has 0 spiro atoms. The number of nitrogens with one attached hydrogen (secondary N) is 1. The Kier molecular flexibility index (Phi) is 4.22. The molecule has 0 saturated carbocycles. The van der Waals surface area contributed by atoms with Crippen LogP contribution in [0.2, 0.25) is 0 Å². The summed E-state index contributed by atoms with van der Waals surface area (Å²) in [4.78, 5) is 19.1. The number of likely N-dealkylation sites (N-methyl/N-ethyl adjacent to an activating group) is 2. The predicted octanol–water partition coefficient (Wildman–Crippen LogP) is 1.74. The third-order valence-electron chi connectivity index (χ3n) is 3.09. The van der Waals surface area contributed by atoms with Gasteiger partial charge in [-0.1, -0.05) is 18.2 Å². The first-order chi connectivity index (χ1) is 9.06. The van der Waals surface area contributed by atoms with Crippen molar-refractivity contribution >= 4 is 16.8 Å². The fourth-order valence-corrected chi connectivity index (χ4v) is 1.88. The van der Waals surface area contributed by atoms with Gasteiger partial charge < -0.3 is 14.8 Å². The second kappa shape index (κ2) is 5.89.